The zero-order valence-electron chi connectivity index (χ0n) is 16.3. The molecule has 30 heavy (non-hydrogen) atoms. The molecule has 0 spiro atoms. The van der Waals surface area contributed by atoms with Crippen LogP contribution in [0.1, 0.15) is 26.3 Å². The van der Waals surface area contributed by atoms with E-state index in [1.165, 1.54) is 6.20 Å². The minimum Gasteiger partial charge on any atom is -1.00 e. The van der Waals surface area contributed by atoms with Gasteiger partial charge in [-0.2, -0.15) is 4.57 Å². The van der Waals surface area contributed by atoms with Gasteiger partial charge in [0.15, 0.2) is 12.4 Å². The Morgan fingerprint density at radius 1 is 0.900 bits per heavy atom. The Labute approximate surface area is 180 Å². The molecule has 2 aromatic carbocycles. The Balaban J connectivity index is 0.00000320. The minimum absolute atomic E-state index is 0. The number of nitrogens with zero attached hydrogens (tertiary/aromatic N) is 1. The van der Waals surface area contributed by atoms with Gasteiger partial charge >= 0.3 is 0 Å². The molecule has 0 bridgehead atoms. The number of primary amides is 1. The van der Waals surface area contributed by atoms with Crippen molar-refractivity contribution in [3.63, 3.8) is 0 Å². The lowest BCUT2D eigenvalue weighted by Gasteiger charge is -2.08. The van der Waals surface area contributed by atoms with E-state index in [2.05, 4.69) is 10.6 Å². The van der Waals surface area contributed by atoms with Crippen molar-refractivity contribution in [3.05, 3.63) is 89.7 Å². The summed E-state index contributed by atoms with van der Waals surface area (Å²) >= 11 is 0. The van der Waals surface area contributed by atoms with Crippen LogP contribution in [0.5, 0.6) is 0 Å². The largest absolute Gasteiger partial charge is 1.00 e. The number of nitrogens with two attached hydrogens (primary N) is 1. The number of anilines is 2. The summed E-state index contributed by atoms with van der Waals surface area (Å²) in [5.74, 6) is -1.07. The van der Waals surface area contributed by atoms with Crippen LogP contribution in [0.25, 0.3) is 0 Å². The molecule has 0 aliphatic carbocycles. The molecule has 0 aliphatic rings. The van der Waals surface area contributed by atoms with Crippen molar-refractivity contribution in [2.45, 2.75) is 13.5 Å². The van der Waals surface area contributed by atoms with E-state index in [0.29, 0.717) is 22.5 Å². The summed E-state index contributed by atoms with van der Waals surface area (Å²) in [5.41, 5.74) is 8.31. The lowest BCUT2D eigenvalue weighted by molar-refractivity contribution is -0.684. The number of carbonyl (C=O) groups excluding carboxylic acids is 3. The fourth-order valence-corrected chi connectivity index (χ4v) is 2.72. The number of aromatic nitrogens is 1. The molecule has 0 unspecified atom stereocenters. The van der Waals surface area contributed by atoms with Gasteiger partial charge in [-0.1, -0.05) is 23.8 Å². The van der Waals surface area contributed by atoms with Crippen molar-refractivity contribution in [1.82, 2.24) is 0 Å². The Hall–Kier alpha value is -3.71. The van der Waals surface area contributed by atoms with Crippen LogP contribution in [0.4, 0.5) is 11.4 Å². The number of rotatable bonds is 6. The summed E-state index contributed by atoms with van der Waals surface area (Å²) in [6, 6.07) is 17.4. The van der Waals surface area contributed by atoms with E-state index in [1.807, 2.05) is 19.1 Å². The van der Waals surface area contributed by atoms with Gasteiger partial charge in [0.2, 0.25) is 6.54 Å². The summed E-state index contributed by atoms with van der Waals surface area (Å²) in [6.07, 6.45) is 3.18. The van der Waals surface area contributed by atoms with Gasteiger partial charge in [0.05, 0.1) is 0 Å². The van der Waals surface area contributed by atoms with Crippen molar-refractivity contribution >= 4 is 29.1 Å². The molecule has 3 rings (SSSR count). The second-order valence-corrected chi connectivity index (χ2v) is 6.58. The summed E-state index contributed by atoms with van der Waals surface area (Å²) < 4.78 is 1.57. The van der Waals surface area contributed by atoms with Gasteiger partial charge < -0.3 is 28.8 Å². The van der Waals surface area contributed by atoms with Gasteiger partial charge in [0.1, 0.15) is 5.56 Å². The van der Waals surface area contributed by atoms with Crippen molar-refractivity contribution < 1.29 is 31.4 Å². The molecule has 0 aliphatic heterocycles. The van der Waals surface area contributed by atoms with E-state index >= 15 is 0 Å². The van der Waals surface area contributed by atoms with E-state index in [4.69, 9.17) is 5.73 Å². The second-order valence-electron chi connectivity index (χ2n) is 6.58. The van der Waals surface area contributed by atoms with Crippen LogP contribution in [0, 0.1) is 6.92 Å². The second kappa shape index (κ2) is 10.2. The van der Waals surface area contributed by atoms with E-state index in [-0.39, 0.29) is 30.8 Å². The Bertz CT molecular complexity index is 1070. The van der Waals surface area contributed by atoms with E-state index < -0.39 is 5.91 Å². The first kappa shape index (κ1) is 22.6. The lowest BCUT2D eigenvalue weighted by atomic mass is 10.1. The number of amides is 3. The highest BCUT2D eigenvalue weighted by Gasteiger charge is 2.13. The highest BCUT2D eigenvalue weighted by molar-refractivity contribution is 6.04. The third kappa shape index (κ3) is 6.15. The highest BCUT2D eigenvalue weighted by atomic mass is 35.5. The maximum atomic E-state index is 12.3. The smallest absolute Gasteiger partial charge is 0.290 e. The average molecular weight is 425 g/mol. The SMILES string of the molecule is Cc1ccc(C(=O)Nc2cccc(NC(=O)C[n+]3cccc(C(N)=O)c3)c2)cc1.[Cl-]. The van der Waals surface area contributed by atoms with Crippen LogP contribution in [0.3, 0.4) is 0 Å². The van der Waals surface area contributed by atoms with Crippen molar-refractivity contribution in [2.75, 3.05) is 10.6 Å². The molecule has 1 aromatic heterocycles. The highest BCUT2D eigenvalue weighted by Crippen LogP contribution is 2.16. The molecule has 7 nitrogen and oxygen atoms in total. The standard InChI is InChI=1S/C22H20N4O3.ClH/c1-15-7-9-16(10-8-15)22(29)25-19-6-2-5-18(12-19)24-20(27)14-26-11-3-4-17(13-26)21(23)28;/h2-13H,14H2,1H3,(H3-,23,24,25,27,28,29);1H. The number of pyridine rings is 1. The van der Waals surface area contributed by atoms with Crippen molar-refractivity contribution in [1.29, 1.82) is 0 Å². The number of benzene rings is 2. The van der Waals surface area contributed by atoms with E-state index in [1.54, 1.807) is 59.3 Å². The van der Waals surface area contributed by atoms with Gasteiger partial charge in [0, 0.05) is 23.0 Å². The predicted octanol–water partition coefficient (Wildman–Crippen LogP) is -0.724. The predicted molar refractivity (Wildman–Crippen MR) is 109 cm³/mol. The summed E-state index contributed by atoms with van der Waals surface area (Å²) in [6.45, 7) is 1.97. The van der Waals surface area contributed by atoms with Crippen LogP contribution >= 0.6 is 0 Å². The fourth-order valence-electron chi connectivity index (χ4n) is 2.72. The van der Waals surface area contributed by atoms with Gasteiger partial charge in [-0.15, -0.1) is 0 Å². The molecule has 8 heteroatoms. The molecule has 1 heterocycles. The van der Waals surface area contributed by atoms with E-state index in [9.17, 15) is 14.4 Å². The number of hydrogen-bond acceptors (Lipinski definition) is 3. The molecular weight excluding hydrogens is 404 g/mol. The summed E-state index contributed by atoms with van der Waals surface area (Å²) in [5, 5.41) is 5.59. The molecule has 0 radical (unpaired) electrons. The molecular formula is C22H21ClN4O3. The number of aryl methyl sites for hydroxylation is 1. The number of nitrogens with one attached hydrogen (secondary N) is 2. The van der Waals surface area contributed by atoms with Crippen LogP contribution in [0.2, 0.25) is 0 Å². The van der Waals surface area contributed by atoms with E-state index in [0.717, 1.165) is 5.56 Å². The molecule has 0 saturated carbocycles. The van der Waals surface area contributed by atoms with Crippen LogP contribution in [-0.4, -0.2) is 17.7 Å². The number of carbonyl (C=O) groups is 3. The molecule has 3 amide bonds. The Kier molecular flexibility index (Phi) is 7.66. The van der Waals surface area contributed by atoms with Crippen molar-refractivity contribution in [3.8, 4) is 0 Å². The Morgan fingerprint density at radius 2 is 1.57 bits per heavy atom. The Morgan fingerprint density at radius 3 is 2.23 bits per heavy atom. The van der Waals surface area contributed by atoms with Gasteiger partial charge in [0.25, 0.3) is 17.7 Å². The molecule has 0 fully saturated rings. The first-order valence-electron chi connectivity index (χ1n) is 8.97. The number of halogens is 1. The topological polar surface area (TPSA) is 105 Å². The first-order valence-corrected chi connectivity index (χ1v) is 8.97. The average Bonchev–Trinajstić information content (AvgIpc) is 2.68. The quantitative estimate of drug-likeness (QED) is 0.454. The number of hydrogen-bond donors (Lipinski definition) is 3. The molecule has 154 valence electrons. The third-order valence-electron chi connectivity index (χ3n) is 4.19. The van der Waals surface area contributed by atoms with Crippen LogP contribution in [-0.2, 0) is 11.3 Å². The minimum atomic E-state index is -0.559. The molecule has 4 N–H and O–H groups in total. The third-order valence-corrected chi connectivity index (χ3v) is 4.19. The van der Waals surface area contributed by atoms with Gasteiger partial charge in [-0.05, 0) is 43.3 Å². The van der Waals surface area contributed by atoms with Gasteiger partial charge in [-0.25, -0.2) is 0 Å². The summed E-state index contributed by atoms with van der Waals surface area (Å²) in [7, 11) is 0. The van der Waals surface area contributed by atoms with Crippen molar-refractivity contribution in [2.24, 2.45) is 5.73 Å². The summed E-state index contributed by atoms with van der Waals surface area (Å²) in [4.78, 5) is 35.9. The lowest BCUT2D eigenvalue weighted by Crippen LogP contribution is -3.00. The maximum Gasteiger partial charge on any atom is 0.290 e. The normalized spacial score (nSPS) is 9.90. The van der Waals surface area contributed by atoms with Gasteiger partial charge in [-0.3, -0.25) is 14.4 Å². The molecule has 0 saturated heterocycles. The molecule has 3 aromatic rings. The van der Waals surface area contributed by atoms with Crippen LogP contribution in [0.15, 0.2) is 73.1 Å². The zero-order valence-corrected chi connectivity index (χ0v) is 17.0. The monoisotopic (exact) mass is 424 g/mol. The molecule has 0 atom stereocenters. The van der Waals surface area contributed by atoms with Crippen LogP contribution < -0.4 is 33.3 Å². The first-order chi connectivity index (χ1) is 13.9. The zero-order chi connectivity index (χ0) is 20.8. The fraction of sp³-hybridized carbons (Fsp3) is 0.0909. The maximum absolute atomic E-state index is 12.3.